The van der Waals surface area contributed by atoms with E-state index in [1.165, 1.54) is 45.3 Å². The third-order valence-electron chi connectivity index (χ3n) is 2.71. The van der Waals surface area contributed by atoms with Gasteiger partial charge in [-0.1, -0.05) is 27.2 Å². The molecule has 1 unspecified atom stereocenters. The number of hydrogen-bond donors (Lipinski definition) is 1. The first-order chi connectivity index (χ1) is 6.78. The minimum atomic E-state index is 0.852. The van der Waals surface area contributed by atoms with E-state index in [0.717, 1.165) is 11.7 Å². The first kappa shape index (κ1) is 14.3. The zero-order valence-electron chi connectivity index (χ0n) is 10.1. The molecule has 0 amide bonds. The smallest absolute Gasteiger partial charge is 0.000984 e. The van der Waals surface area contributed by atoms with Crippen molar-refractivity contribution in [1.29, 1.82) is 0 Å². The van der Waals surface area contributed by atoms with Crippen molar-refractivity contribution in [3.63, 3.8) is 0 Å². The Morgan fingerprint density at radius 1 is 1.07 bits per heavy atom. The van der Waals surface area contributed by atoms with Gasteiger partial charge in [-0.25, -0.2) is 0 Å². The van der Waals surface area contributed by atoms with Crippen LogP contribution in [0.5, 0.6) is 0 Å². The van der Waals surface area contributed by atoms with Crippen LogP contribution >= 0.6 is 12.6 Å². The Kier molecular flexibility index (Phi) is 10.1. The van der Waals surface area contributed by atoms with Crippen LogP contribution in [0.2, 0.25) is 0 Å². The van der Waals surface area contributed by atoms with Crippen LogP contribution in [0.15, 0.2) is 0 Å². The van der Waals surface area contributed by atoms with E-state index in [0.29, 0.717) is 0 Å². The molecule has 0 aliphatic rings. The summed E-state index contributed by atoms with van der Waals surface area (Å²) in [7, 11) is 0. The Labute approximate surface area is 95.7 Å². The van der Waals surface area contributed by atoms with E-state index in [-0.39, 0.29) is 0 Å². The fourth-order valence-electron chi connectivity index (χ4n) is 1.90. The second kappa shape index (κ2) is 9.85. The predicted octanol–water partition coefficient (Wildman–Crippen LogP) is 3.45. The second-order valence-corrected chi connectivity index (χ2v) is 4.53. The van der Waals surface area contributed by atoms with E-state index in [1.807, 2.05) is 0 Å². The van der Waals surface area contributed by atoms with Crippen molar-refractivity contribution in [3.05, 3.63) is 0 Å². The summed E-state index contributed by atoms with van der Waals surface area (Å²) in [5, 5.41) is 0. The summed E-state index contributed by atoms with van der Waals surface area (Å²) in [5.74, 6) is 1.88. The Morgan fingerprint density at radius 2 is 1.64 bits per heavy atom. The van der Waals surface area contributed by atoms with E-state index >= 15 is 0 Å². The summed E-state index contributed by atoms with van der Waals surface area (Å²) in [6.45, 7) is 10.6. The Hall–Kier alpha value is 0.310. The summed E-state index contributed by atoms with van der Waals surface area (Å²) in [6.07, 6.45) is 5.11. The Balaban J connectivity index is 3.83. The molecule has 0 radical (unpaired) electrons. The maximum Gasteiger partial charge on any atom is 0.000984 e. The van der Waals surface area contributed by atoms with Gasteiger partial charge in [0.05, 0.1) is 0 Å². The molecule has 0 aromatic heterocycles. The third kappa shape index (κ3) is 6.72. The van der Waals surface area contributed by atoms with Gasteiger partial charge in [0.15, 0.2) is 0 Å². The van der Waals surface area contributed by atoms with Gasteiger partial charge in [-0.2, -0.15) is 12.6 Å². The average molecular weight is 217 g/mol. The zero-order valence-corrected chi connectivity index (χ0v) is 11.0. The highest BCUT2D eigenvalue weighted by atomic mass is 32.1. The highest BCUT2D eigenvalue weighted by Gasteiger charge is 2.10. The van der Waals surface area contributed by atoms with Crippen molar-refractivity contribution in [3.8, 4) is 0 Å². The van der Waals surface area contributed by atoms with Crippen LogP contribution in [-0.4, -0.2) is 30.3 Å². The fraction of sp³-hybridized carbons (Fsp3) is 1.00. The molecule has 0 bridgehead atoms. The van der Waals surface area contributed by atoms with Crippen molar-refractivity contribution < 1.29 is 0 Å². The van der Waals surface area contributed by atoms with Crippen molar-refractivity contribution in [1.82, 2.24) is 4.90 Å². The molecule has 0 heterocycles. The lowest BCUT2D eigenvalue weighted by Crippen LogP contribution is -2.31. The summed E-state index contributed by atoms with van der Waals surface area (Å²) in [6, 6.07) is 0. The van der Waals surface area contributed by atoms with Gasteiger partial charge in [-0.15, -0.1) is 0 Å². The molecular formula is C12H27NS. The first-order valence-electron chi connectivity index (χ1n) is 6.11. The number of hydrogen-bond acceptors (Lipinski definition) is 2. The van der Waals surface area contributed by atoms with Gasteiger partial charge in [-0.05, 0) is 44.0 Å². The Bertz CT molecular complexity index is 111. The normalized spacial score (nSPS) is 13.5. The second-order valence-electron chi connectivity index (χ2n) is 4.09. The summed E-state index contributed by atoms with van der Waals surface area (Å²) >= 11 is 4.32. The van der Waals surface area contributed by atoms with E-state index in [1.54, 1.807) is 0 Å². The molecule has 2 heteroatoms. The molecule has 86 valence electrons. The number of rotatable bonds is 9. The molecule has 0 aliphatic heterocycles. The zero-order chi connectivity index (χ0) is 10.8. The fourth-order valence-corrected chi connectivity index (χ4v) is 2.26. The lowest BCUT2D eigenvalue weighted by molar-refractivity contribution is 0.225. The van der Waals surface area contributed by atoms with Crippen molar-refractivity contribution >= 4 is 12.6 Å². The standard InChI is InChI=1S/C12H27NS/c1-4-8-13(9-5-2)11-12(6-3)7-10-14/h12,14H,4-11H2,1-3H3. The molecule has 0 saturated carbocycles. The molecule has 0 rings (SSSR count). The summed E-state index contributed by atoms with van der Waals surface area (Å²) < 4.78 is 0. The Morgan fingerprint density at radius 3 is 2.00 bits per heavy atom. The SMILES string of the molecule is CCCN(CCC)CC(CC)CCS. The van der Waals surface area contributed by atoms with Gasteiger partial charge in [0.2, 0.25) is 0 Å². The molecule has 1 nitrogen and oxygen atoms in total. The van der Waals surface area contributed by atoms with E-state index in [4.69, 9.17) is 0 Å². The van der Waals surface area contributed by atoms with Gasteiger partial charge in [0.1, 0.15) is 0 Å². The quantitative estimate of drug-likeness (QED) is 0.579. The molecule has 0 aromatic carbocycles. The molecule has 14 heavy (non-hydrogen) atoms. The van der Waals surface area contributed by atoms with Crippen molar-refractivity contribution in [2.24, 2.45) is 5.92 Å². The van der Waals surface area contributed by atoms with Crippen LogP contribution in [0.4, 0.5) is 0 Å². The van der Waals surface area contributed by atoms with E-state index in [9.17, 15) is 0 Å². The molecular weight excluding hydrogens is 190 g/mol. The van der Waals surface area contributed by atoms with Crippen LogP contribution in [0.25, 0.3) is 0 Å². The molecule has 0 spiro atoms. The van der Waals surface area contributed by atoms with Gasteiger partial charge in [0, 0.05) is 6.54 Å². The minimum absolute atomic E-state index is 0.852. The molecule has 0 aromatic rings. The van der Waals surface area contributed by atoms with Crippen LogP contribution in [0, 0.1) is 5.92 Å². The highest BCUT2D eigenvalue weighted by molar-refractivity contribution is 7.80. The molecule has 1 atom stereocenters. The topological polar surface area (TPSA) is 3.24 Å². The maximum atomic E-state index is 4.32. The van der Waals surface area contributed by atoms with Crippen LogP contribution in [0.3, 0.4) is 0 Å². The molecule has 0 N–H and O–H groups in total. The third-order valence-corrected chi connectivity index (χ3v) is 2.97. The van der Waals surface area contributed by atoms with Crippen molar-refractivity contribution in [2.45, 2.75) is 46.5 Å². The van der Waals surface area contributed by atoms with Gasteiger partial charge in [0.25, 0.3) is 0 Å². The lowest BCUT2D eigenvalue weighted by atomic mass is 10.0. The largest absolute Gasteiger partial charge is 0.303 e. The summed E-state index contributed by atoms with van der Waals surface area (Å²) in [4.78, 5) is 2.61. The molecule has 0 aliphatic carbocycles. The van der Waals surface area contributed by atoms with E-state index in [2.05, 4.69) is 38.3 Å². The highest BCUT2D eigenvalue weighted by Crippen LogP contribution is 2.12. The van der Waals surface area contributed by atoms with Gasteiger partial charge < -0.3 is 4.90 Å². The molecule has 0 saturated heterocycles. The van der Waals surface area contributed by atoms with Crippen molar-refractivity contribution in [2.75, 3.05) is 25.4 Å². The minimum Gasteiger partial charge on any atom is -0.303 e. The maximum absolute atomic E-state index is 4.32. The number of thiol groups is 1. The van der Waals surface area contributed by atoms with Gasteiger partial charge in [-0.3, -0.25) is 0 Å². The average Bonchev–Trinajstić information content (AvgIpc) is 2.18. The van der Waals surface area contributed by atoms with Crippen LogP contribution in [0.1, 0.15) is 46.5 Å². The van der Waals surface area contributed by atoms with Crippen LogP contribution in [-0.2, 0) is 0 Å². The van der Waals surface area contributed by atoms with Gasteiger partial charge >= 0.3 is 0 Å². The van der Waals surface area contributed by atoms with Crippen LogP contribution < -0.4 is 0 Å². The lowest BCUT2D eigenvalue weighted by Gasteiger charge is -2.26. The predicted molar refractivity (Wildman–Crippen MR) is 69.3 cm³/mol. The number of nitrogens with zero attached hydrogens (tertiary/aromatic N) is 1. The monoisotopic (exact) mass is 217 g/mol. The molecule has 0 fully saturated rings. The first-order valence-corrected chi connectivity index (χ1v) is 6.74. The summed E-state index contributed by atoms with van der Waals surface area (Å²) in [5.41, 5.74) is 0. The van der Waals surface area contributed by atoms with E-state index < -0.39 is 0 Å².